The van der Waals surface area contributed by atoms with Crippen LogP contribution in [-0.4, -0.2) is 31.5 Å². The van der Waals surface area contributed by atoms with Crippen LogP contribution in [0.25, 0.3) is 11.4 Å². The van der Waals surface area contributed by atoms with Crippen molar-refractivity contribution in [3.05, 3.63) is 18.1 Å². The van der Waals surface area contributed by atoms with Gasteiger partial charge >= 0.3 is 0 Å². The molecule has 0 amide bonds. The van der Waals surface area contributed by atoms with Crippen molar-refractivity contribution in [2.24, 2.45) is 0 Å². The maximum absolute atomic E-state index is 4.74. The van der Waals surface area contributed by atoms with Gasteiger partial charge in [0.15, 0.2) is 0 Å². The highest BCUT2D eigenvalue weighted by molar-refractivity contribution is 5.58. The number of anilines is 1. The van der Waals surface area contributed by atoms with Gasteiger partial charge in [-0.3, -0.25) is 0 Å². The molecule has 6 nitrogen and oxygen atoms in total. The summed E-state index contributed by atoms with van der Waals surface area (Å²) in [6.07, 6.45) is 6.29. The van der Waals surface area contributed by atoms with Gasteiger partial charge in [-0.1, -0.05) is 19.1 Å². The lowest BCUT2D eigenvalue weighted by atomic mass is 10.2. The molecular formula is C15H22N6. The second-order valence-corrected chi connectivity index (χ2v) is 5.54. The highest BCUT2D eigenvalue weighted by Gasteiger charge is 2.27. The Morgan fingerprint density at radius 2 is 2.10 bits per heavy atom. The maximum atomic E-state index is 4.74. The molecule has 2 aromatic heterocycles. The van der Waals surface area contributed by atoms with Gasteiger partial charge in [0.05, 0.1) is 11.9 Å². The first-order chi connectivity index (χ1) is 10.3. The maximum Gasteiger partial charge on any atom is 0.134 e. The van der Waals surface area contributed by atoms with Crippen LogP contribution in [0.1, 0.15) is 51.3 Å². The van der Waals surface area contributed by atoms with Crippen molar-refractivity contribution in [3.8, 4) is 11.4 Å². The second kappa shape index (κ2) is 6.20. The molecule has 1 aliphatic carbocycles. The normalized spacial score (nSPS) is 14.4. The molecule has 3 rings (SSSR count). The first kappa shape index (κ1) is 14.0. The smallest absolute Gasteiger partial charge is 0.134 e. The van der Waals surface area contributed by atoms with Gasteiger partial charge in [0, 0.05) is 25.1 Å². The van der Waals surface area contributed by atoms with Gasteiger partial charge in [-0.25, -0.2) is 14.6 Å². The lowest BCUT2D eigenvalue weighted by molar-refractivity contribution is 0.583. The van der Waals surface area contributed by atoms with Crippen LogP contribution in [0.2, 0.25) is 0 Å². The van der Waals surface area contributed by atoms with Crippen molar-refractivity contribution in [1.82, 2.24) is 25.0 Å². The Bertz CT molecular complexity index is 602. The molecule has 2 aromatic rings. The van der Waals surface area contributed by atoms with E-state index in [0.29, 0.717) is 5.92 Å². The van der Waals surface area contributed by atoms with Gasteiger partial charge in [0.2, 0.25) is 0 Å². The molecule has 0 radical (unpaired) electrons. The summed E-state index contributed by atoms with van der Waals surface area (Å²) in [5, 5.41) is 11.6. The van der Waals surface area contributed by atoms with Crippen LogP contribution in [0, 0.1) is 0 Å². The number of aryl methyl sites for hydroxylation is 1. The van der Waals surface area contributed by atoms with E-state index >= 15 is 0 Å². The van der Waals surface area contributed by atoms with Crippen molar-refractivity contribution in [2.45, 2.75) is 52.0 Å². The topological polar surface area (TPSA) is 68.5 Å². The minimum Gasteiger partial charge on any atom is -0.370 e. The van der Waals surface area contributed by atoms with E-state index in [4.69, 9.17) is 4.98 Å². The van der Waals surface area contributed by atoms with Gasteiger partial charge in [0.25, 0.3) is 0 Å². The Morgan fingerprint density at radius 1 is 1.24 bits per heavy atom. The van der Waals surface area contributed by atoms with Crippen molar-refractivity contribution >= 4 is 5.82 Å². The SMILES string of the molecule is CCCNc1cc(-c2cnnn2CCC)nc(C2CC2)n1. The summed E-state index contributed by atoms with van der Waals surface area (Å²) >= 11 is 0. The van der Waals surface area contributed by atoms with E-state index in [-0.39, 0.29) is 0 Å². The zero-order chi connectivity index (χ0) is 14.7. The van der Waals surface area contributed by atoms with Gasteiger partial charge in [-0.05, 0) is 25.7 Å². The molecule has 0 unspecified atom stereocenters. The highest BCUT2D eigenvalue weighted by atomic mass is 15.4. The van der Waals surface area contributed by atoms with E-state index in [0.717, 1.165) is 49.0 Å². The predicted molar refractivity (Wildman–Crippen MR) is 82.1 cm³/mol. The van der Waals surface area contributed by atoms with Crippen LogP contribution in [0.3, 0.4) is 0 Å². The molecule has 0 atom stereocenters. The fourth-order valence-electron chi connectivity index (χ4n) is 2.30. The molecule has 1 fully saturated rings. The summed E-state index contributed by atoms with van der Waals surface area (Å²) in [5.74, 6) is 2.39. The molecule has 112 valence electrons. The van der Waals surface area contributed by atoms with Crippen LogP contribution in [0.15, 0.2) is 12.3 Å². The lowest BCUT2D eigenvalue weighted by Gasteiger charge is -2.10. The molecule has 0 aromatic carbocycles. The summed E-state index contributed by atoms with van der Waals surface area (Å²) in [6, 6.07) is 2.01. The fourth-order valence-corrected chi connectivity index (χ4v) is 2.30. The fraction of sp³-hybridized carbons (Fsp3) is 0.600. The summed E-state index contributed by atoms with van der Waals surface area (Å²) in [6.45, 7) is 6.06. The van der Waals surface area contributed by atoms with E-state index in [1.54, 1.807) is 6.20 Å². The Morgan fingerprint density at radius 3 is 2.81 bits per heavy atom. The molecule has 0 aliphatic heterocycles. The Hall–Kier alpha value is -1.98. The molecule has 6 heteroatoms. The van der Waals surface area contributed by atoms with Crippen molar-refractivity contribution in [1.29, 1.82) is 0 Å². The molecule has 2 heterocycles. The number of hydrogen-bond donors (Lipinski definition) is 1. The van der Waals surface area contributed by atoms with Crippen molar-refractivity contribution < 1.29 is 0 Å². The summed E-state index contributed by atoms with van der Waals surface area (Å²) < 4.78 is 1.92. The molecule has 1 aliphatic rings. The Kier molecular flexibility index (Phi) is 4.13. The first-order valence-electron chi connectivity index (χ1n) is 7.83. The predicted octanol–water partition coefficient (Wildman–Crippen LogP) is 2.84. The van der Waals surface area contributed by atoms with Gasteiger partial charge in [-0.15, -0.1) is 5.10 Å². The molecule has 1 saturated carbocycles. The van der Waals surface area contributed by atoms with Crippen LogP contribution in [0.5, 0.6) is 0 Å². The molecule has 21 heavy (non-hydrogen) atoms. The van der Waals surface area contributed by atoms with Gasteiger partial charge in [-0.2, -0.15) is 0 Å². The van der Waals surface area contributed by atoms with Crippen LogP contribution >= 0.6 is 0 Å². The number of hydrogen-bond acceptors (Lipinski definition) is 5. The summed E-state index contributed by atoms with van der Waals surface area (Å²) in [5.41, 5.74) is 1.89. The zero-order valence-corrected chi connectivity index (χ0v) is 12.7. The monoisotopic (exact) mass is 286 g/mol. The number of aromatic nitrogens is 5. The minimum absolute atomic E-state index is 0.530. The molecule has 0 saturated heterocycles. The molecule has 1 N–H and O–H groups in total. The average molecular weight is 286 g/mol. The quantitative estimate of drug-likeness (QED) is 0.847. The van der Waals surface area contributed by atoms with Crippen LogP contribution in [-0.2, 0) is 6.54 Å². The van der Waals surface area contributed by atoms with Gasteiger partial charge < -0.3 is 5.32 Å². The van der Waals surface area contributed by atoms with Crippen LogP contribution < -0.4 is 5.32 Å². The zero-order valence-electron chi connectivity index (χ0n) is 12.7. The van der Waals surface area contributed by atoms with E-state index in [2.05, 4.69) is 34.5 Å². The molecular weight excluding hydrogens is 264 g/mol. The van der Waals surface area contributed by atoms with Gasteiger partial charge in [0.1, 0.15) is 17.3 Å². The minimum atomic E-state index is 0.530. The van der Waals surface area contributed by atoms with Crippen LogP contribution in [0.4, 0.5) is 5.82 Å². The number of nitrogens with zero attached hydrogens (tertiary/aromatic N) is 5. The lowest BCUT2D eigenvalue weighted by Crippen LogP contribution is -2.07. The largest absolute Gasteiger partial charge is 0.370 e. The number of rotatable bonds is 7. The first-order valence-corrected chi connectivity index (χ1v) is 7.83. The Balaban J connectivity index is 1.95. The Labute approximate surface area is 125 Å². The van der Waals surface area contributed by atoms with E-state index in [1.165, 1.54) is 12.8 Å². The third-order valence-electron chi connectivity index (χ3n) is 3.56. The molecule has 0 spiro atoms. The average Bonchev–Trinajstić information content (AvgIpc) is 3.25. The summed E-state index contributed by atoms with van der Waals surface area (Å²) in [7, 11) is 0. The highest BCUT2D eigenvalue weighted by Crippen LogP contribution is 2.39. The summed E-state index contributed by atoms with van der Waals surface area (Å²) in [4.78, 5) is 9.38. The van der Waals surface area contributed by atoms with Crippen molar-refractivity contribution in [2.75, 3.05) is 11.9 Å². The van der Waals surface area contributed by atoms with Crippen molar-refractivity contribution in [3.63, 3.8) is 0 Å². The second-order valence-electron chi connectivity index (χ2n) is 5.54. The third-order valence-corrected chi connectivity index (χ3v) is 3.56. The van der Waals surface area contributed by atoms with E-state index < -0.39 is 0 Å². The standard InChI is InChI=1S/C15H22N6/c1-3-7-16-14-9-12(18-15(19-14)11-5-6-11)13-10-17-20-21(13)8-4-2/h9-11H,3-8H2,1-2H3,(H,16,18,19). The van der Waals surface area contributed by atoms with E-state index in [1.807, 2.05) is 10.7 Å². The number of nitrogens with one attached hydrogen (secondary N) is 1. The third kappa shape index (κ3) is 3.20. The van der Waals surface area contributed by atoms with E-state index in [9.17, 15) is 0 Å². The molecule has 0 bridgehead atoms.